The predicted octanol–water partition coefficient (Wildman–Crippen LogP) is 1.96. The maximum Gasteiger partial charge on any atom is 0.315 e. The molecule has 3 rings (SSSR count). The normalized spacial score (nSPS) is 10.5. The Morgan fingerprint density at radius 2 is 1.75 bits per heavy atom. The molecular weight excluding hydrogens is 304 g/mol. The van der Waals surface area contributed by atoms with E-state index in [1.165, 1.54) is 0 Å². The Labute approximate surface area is 138 Å². The molecule has 24 heavy (non-hydrogen) atoms. The molecule has 0 aliphatic carbocycles. The van der Waals surface area contributed by atoms with Crippen LogP contribution in [0.5, 0.6) is 0 Å². The number of hydrogen-bond acceptors (Lipinski definition) is 3. The summed E-state index contributed by atoms with van der Waals surface area (Å²) >= 11 is 0. The van der Waals surface area contributed by atoms with Gasteiger partial charge in [0.1, 0.15) is 5.82 Å². The van der Waals surface area contributed by atoms with Gasteiger partial charge in [-0.05, 0) is 17.7 Å². The molecule has 0 aliphatic heterocycles. The Bertz CT molecular complexity index is 890. The molecule has 2 aromatic carbocycles. The molecule has 3 N–H and O–H groups in total. The third kappa shape index (κ3) is 3.98. The molecule has 0 saturated carbocycles. The average molecular weight is 322 g/mol. The van der Waals surface area contributed by atoms with Gasteiger partial charge in [0.05, 0.1) is 10.9 Å². The maximum absolute atomic E-state index is 12.0. The Kier molecular flexibility index (Phi) is 4.86. The second-order valence-electron chi connectivity index (χ2n) is 5.37. The zero-order valence-electron chi connectivity index (χ0n) is 13.1. The first-order chi connectivity index (χ1) is 11.7. The van der Waals surface area contributed by atoms with Gasteiger partial charge in [-0.1, -0.05) is 42.5 Å². The SMILES string of the molecule is O=C(NCCc1nc2ccccc2c(=O)[nH]1)NCc1ccccc1. The van der Waals surface area contributed by atoms with E-state index in [0.29, 0.717) is 36.2 Å². The summed E-state index contributed by atoms with van der Waals surface area (Å²) in [4.78, 5) is 30.9. The highest BCUT2D eigenvalue weighted by atomic mass is 16.2. The summed E-state index contributed by atoms with van der Waals surface area (Å²) in [5.74, 6) is 0.557. The smallest absolute Gasteiger partial charge is 0.315 e. The number of fused-ring (bicyclic) bond motifs is 1. The van der Waals surface area contributed by atoms with Crippen LogP contribution >= 0.6 is 0 Å². The molecule has 1 aromatic heterocycles. The number of carbonyl (C=O) groups is 1. The second-order valence-corrected chi connectivity index (χ2v) is 5.37. The van der Waals surface area contributed by atoms with Crippen LogP contribution < -0.4 is 16.2 Å². The second kappa shape index (κ2) is 7.41. The number of hydrogen-bond donors (Lipinski definition) is 3. The molecule has 0 unspecified atom stereocenters. The number of rotatable bonds is 5. The van der Waals surface area contributed by atoms with Crippen molar-refractivity contribution in [3.63, 3.8) is 0 Å². The summed E-state index contributed by atoms with van der Waals surface area (Å²) in [6.07, 6.45) is 0.457. The lowest BCUT2D eigenvalue weighted by Gasteiger charge is -2.08. The van der Waals surface area contributed by atoms with Crippen molar-refractivity contribution in [2.45, 2.75) is 13.0 Å². The van der Waals surface area contributed by atoms with Crippen LogP contribution in [0.4, 0.5) is 4.79 Å². The van der Waals surface area contributed by atoms with Crippen LogP contribution in [0.25, 0.3) is 10.9 Å². The van der Waals surface area contributed by atoms with E-state index in [4.69, 9.17) is 0 Å². The first-order valence-electron chi connectivity index (χ1n) is 7.76. The number of amides is 2. The summed E-state index contributed by atoms with van der Waals surface area (Å²) in [6.45, 7) is 0.861. The molecule has 6 nitrogen and oxygen atoms in total. The topological polar surface area (TPSA) is 86.9 Å². The van der Waals surface area contributed by atoms with E-state index in [1.54, 1.807) is 18.2 Å². The lowest BCUT2D eigenvalue weighted by molar-refractivity contribution is 0.240. The van der Waals surface area contributed by atoms with Crippen molar-refractivity contribution in [1.29, 1.82) is 0 Å². The van der Waals surface area contributed by atoms with Crippen molar-refractivity contribution in [3.05, 3.63) is 76.3 Å². The van der Waals surface area contributed by atoms with Crippen molar-refractivity contribution in [3.8, 4) is 0 Å². The number of nitrogens with zero attached hydrogens (tertiary/aromatic N) is 1. The van der Waals surface area contributed by atoms with Crippen LogP contribution in [-0.4, -0.2) is 22.5 Å². The Morgan fingerprint density at radius 3 is 2.58 bits per heavy atom. The van der Waals surface area contributed by atoms with E-state index in [2.05, 4.69) is 20.6 Å². The Hall–Kier alpha value is -3.15. The van der Waals surface area contributed by atoms with Crippen LogP contribution in [-0.2, 0) is 13.0 Å². The third-order valence-electron chi connectivity index (χ3n) is 3.61. The summed E-state index contributed by atoms with van der Waals surface area (Å²) in [6, 6.07) is 16.6. The standard InChI is InChI=1S/C18H18N4O2/c23-17-14-8-4-5-9-15(14)21-16(22-17)10-11-19-18(24)20-12-13-6-2-1-3-7-13/h1-9H,10-12H2,(H2,19,20,24)(H,21,22,23). The van der Waals surface area contributed by atoms with E-state index in [0.717, 1.165) is 5.56 Å². The molecule has 0 bridgehead atoms. The molecule has 0 spiro atoms. The summed E-state index contributed by atoms with van der Waals surface area (Å²) in [7, 11) is 0. The average Bonchev–Trinajstić information content (AvgIpc) is 2.61. The number of benzene rings is 2. The minimum atomic E-state index is -0.248. The molecule has 0 fully saturated rings. The first kappa shape index (κ1) is 15.7. The van der Waals surface area contributed by atoms with E-state index in [1.807, 2.05) is 36.4 Å². The van der Waals surface area contributed by atoms with Crippen LogP contribution in [0.2, 0.25) is 0 Å². The summed E-state index contributed by atoms with van der Waals surface area (Å²) < 4.78 is 0. The first-order valence-corrected chi connectivity index (χ1v) is 7.76. The predicted molar refractivity (Wildman–Crippen MR) is 92.7 cm³/mol. The number of urea groups is 1. The van der Waals surface area contributed by atoms with Crippen LogP contribution in [0.1, 0.15) is 11.4 Å². The number of H-pyrrole nitrogens is 1. The fraction of sp³-hybridized carbons (Fsp3) is 0.167. The van der Waals surface area contributed by atoms with Gasteiger partial charge in [0, 0.05) is 19.5 Å². The third-order valence-corrected chi connectivity index (χ3v) is 3.61. The van der Waals surface area contributed by atoms with Crippen molar-refractivity contribution in [2.75, 3.05) is 6.54 Å². The van der Waals surface area contributed by atoms with Gasteiger partial charge in [-0.25, -0.2) is 9.78 Å². The maximum atomic E-state index is 12.0. The molecule has 2 amide bonds. The number of para-hydroxylation sites is 1. The largest absolute Gasteiger partial charge is 0.338 e. The highest BCUT2D eigenvalue weighted by Gasteiger charge is 2.04. The fourth-order valence-electron chi connectivity index (χ4n) is 2.39. The number of aromatic nitrogens is 2. The van der Waals surface area contributed by atoms with E-state index in [9.17, 15) is 9.59 Å². The molecule has 3 aromatic rings. The Morgan fingerprint density at radius 1 is 1.00 bits per heavy atom. The Balaban J connectivity index is 1.51. The van der Waals surface area contributed by atoms with Crippen molar-refractivity contribution in [2.24, 2.45) is 0 Å². The highest BCUT2D eigenvalue weighted by molar-refractivity contribution is 5.77. The van der Waals surface area contributed by atoms with E-state index >= 15 is 0 Å². The van der Waals surface area contributed by atoms with Crippen molar-refractivity contribution < 1.29 is 4.79 Å². The molecule has 6 heteroatoms. The van der Waals surface area contributed by atoms with Gasteiger partial charge in [0.2, 0.25) is 0 Å². The minimum Gasteiger partial charge on any atom is -0.338 e. The van der Waals surface area contributed by atoms with Gasteiger partial charge in [0.15, 0.2) is 0 Å². The molecule has 122 valence electrons. The van der Waals surface area contributed by atoms with Gasteiger partial charge in [-0.2, -0.15) is 0 Å². The van der Waals surface area contributed by atoms with Gasteiger partial charge in [-0.15, -0.1) is 0 Å². The monoisotopic (exact) mass is 322 g/mol. The van der Waals surface area contributed by atoms with Crippen LogP contribution in [0, 0.1) is 0 Å². The summed E-state index contributed by atoms with van der Waals surface area (Å²) in [5, 5.41) is 6.11. The molecule has 0 aliphatic rings. The fourth-order valence-corrected chi connectivity index (χ4v) is 2.39. The molecule has 1 heterocycles. The van der Waals surface area contributed by atoms with Gasteiger partial charge in [0.25, 0.3) is 5.56 Å². The van der Waals surface area contributed by atoms with Gasteiger partial charge in [-0.3, -0.25) is 4.79 Å². The van der Waals surface area contributed by atoms with Gasteiger partial charge >= 0.3 is 6.03 Å². The van der Waals surface area contributed by atoms with Crippen molar-refractivity contribution >= 4 is 16.9 Å². The lowest BCUT2D eigenvalue weighted by Crippen LogP contribution is -2.36. The minimum absolute atomic E-state index is 0.163. The quantitative estimate of drug-likeness (QED) is 0.671. The van der Waals surface area contributed by atoms with Gasteiger partial charge < -0.3 is 15.6 Å². The van der Waals surface area contributed by atoms with Crippen LogP contribution in [0.15, 0.2) is 59.4 Å². The summed E-state index contributed by atoms with van der Waals surface area (Å²) in [5.41, 5.74) is 1.53. The molecular formula is C18H18N4O2. The molecule has 0 atom stereocenters. The van der Waals surface area contributed by atoms with Crippen LogP contribution in [0.3, 0.4) is 0 Å². The van der Waals surface area contributed by atoms with E-state index in [-0.39, 0.29) is 11.6 Å². The number of nitrogens with one attached hydrogen (secondary N) is 3. The zero-order valence-corrected chi connectivity index (χ0v) is 13.1. The molecule has 0 radical (unpaired) electrons. The number of carbonyl (C=O) groups excluding carboxylic acids is 1. The molecule has 0 saturated heterocycles. The lowest BCUT2D eigenvalue weighted by atomic mass is 10.2. The number of aromatic amines is 1. The zero-order chi connectivity index (χ0) is 16.8. The van der Waals surface area contributed by atoms with Crippen molar-refractivity contribution in [1.82, 2.24) is 20.6 Å². The van der Waals surface area contributed by atoms with E-state index < -0.39 is 0 Å². The highest BCUT2D eigenvalue weighted by Crippen LogP contribution is 2.05.